The van der Waals surface area contributed by atoms with Crippen molar-refractivity contribution in [2.75, 3.05) is 4.90 Å². The highest BCUT2D eigenvalue weighted by atomic mass is 16.4. The predicted molar refractivity (Wildman–Crippen MR) is 112 cm³/mol. The summed E-state index contributed by atoms with van der Waals surface area (Å²) in [5.74, 6) is -0.934. The minimum Gasteiger partial charge on any atom is -0.481 e. The van der Waals surface area contributed by atoms with E-state index in [0.717, 1.165) is 5.56 Å². The van der Waals surface area contributed by atoms with Crippen LogP contribution >= 0.6 is 0 Å². The van der Waals surface area contributed by atoms with Crippen LogP contribution in [0.1, 0.15) is 45.6 Å². The molecule has 1 aliphatic rings. The van der Waals surface area contributed by atoms with Crippen LogP contribution in [0.15, 0.2) is 66.9 Å². The number of fused-ring (bicyclic) bond motifs is 1. The molecule has 6 nitrogen and oxygen atoms in total. The van der Waals surface area contributed by atoms with Crippen molar-refractivity contribution in [2.45, 2.75) is 31.9 Å². The lowest BCUT2D eigenvalue weighted by molar-refractivity contribution is -0.144. The molecule has 2 N–H and O–H groups in total. The normalized spacial score (nSPS) is 20.7. The van der Waals surface area contributed by atoms with Gasteiger partial charge in [0.1, 0.15) is 11.2 Å². The van der Waals surface area contributed by atoms with E-state index in [0.29, 0.717) is 28.1 Å². The Bertz CT molecular complexity index is 1110. The minimum atomic E-state index is -1.40. The average molecular weight is 402 g/mol. The standard InChI is InChI=1S/C24H22N2O4/c1-15-7-12-20(25-13-15)26-21(17-10-8-16(14-27)9-11-17)24(2,23(29)30)19-6-4-3-5-18(19)22(26)28/h3-13,21,27H,14H2,1-2H3,(H,29,30)/t21-,24-/m0/s1. The van der Waals surface area contributed by atoms with E-state index < -0.39 is 17.4 Å². The summed E-state index contributed by atoms with van der Waals surface area (Å²) < 4.78 is 0. The molecule has 0 bridgehead atoms. The number of carbonyl (C=O) groups is 2. The average Bonchev–Trinajstić information content (AvgIpc) is 2.77. The third kappa shape index (κ3) is 2.97. The zero-order valence-corrected chi connectivity index (χ0v) is 16.7. The Morgan fingerprint density at radius 3 is 2.40 bits per heavy atom. The quantitative estimate of drug-likeness (QED) is 0.696. The maximum atomic E-state index is 13.6. The zero-order chi connectivity index (χ0) is 21.5. The van der Waals surface area contributed by atoms with Crippen molar-refractivity contribution in [1.29, 1.82) is 0 Å². The molecule has 0 fully saturated rings. The third-order valence-electron chi connectivity index (χ3n) is 5.81. The number of aliphatic carboxylic acids is 1. The molecule has 2 heterocycles. The molecule has 3 aromatic rings. The number of hydrogen-bond acceptors (Lipinski definition) is 4. The highest BCUT2D eigenvalue weighted by Gasteiger charge is 2.54. The van der Waals surface area contributed by atoms with Crippen molar-refractivity contribution in [3.63, 3.8) is 0 Å². The van der Waals surface area contributed by atoms with Gasteiger partial charge in [0.05, 0.1) is 12.6 Å². The van der Waals surface area contributed by atoms with Crippen molar-refractivity contribution in [3.05, 3.63) is 94.7 Å². The highest BCUT2D eigenvalue weighted by molar-refractivity contribution is 6.11. The van der Waals surface area contributed by atoms with E-state index in [4.69, 9.17) is 0 Å². The smallest absolute Gasteiger partial charge is 0.316 e. The summed E-state index contributed by atoms with van der Waals surface area (Å²) in [6.07, 6.45) is 1.66. The summed E-state index contributed by atoms with van der Waals surface area (Å²) in [4.78, 5) is 32.2. The molecule has 6 heteroatoms. The first-order valence-electron chi connectivity index (χ1n) is 9.66. The summed E-state index contributed by atoms with van der Waals surface area (Å²) in [5, 5.41) is 19.8. The topological polar surface area (TPSA) is 90.7 Å². The Kier molecular flexibility index (Phi) is 4.87. The number of anilines is 1. The number of rotatable bonds is 4. The van der Waals surface area contributed by atoms with Gasteiger partial charge in [-0.15, -0.1) is 0 Å². The van der Waals surface area contributed by atoms with Gasteiger partial charge in [0.25, 0.3) is 5.91 Å². The molecule has 1 aromatic heterocycles. The number of carboxylic acids is 1. The Hall–Kier alpha value is -3.51. The summed E-state index contributed by atoms with van der Waals surface area (Å²) in [7, 11) is 0. The number of nitrogens with zero attached hydrogens (tertiary/aromatic N) is 2. The lowest BCUT2D eigenvalue weighted by atomic mass is 9.68. The van der Waals surface area contributed by atoms with Crippen molar-refractivity contribution >= 4 is 17.7 Å². The van der Waals surface area contributed by atoms with Gasteiger partial charge in [-0.2, -0.15) is 0 Å². The lowest BCUT2D eigenvalue weighted by Crippen LogP contribution is -2.54. The fourth-order valence-corrected chi connectivity index (χ4v) is 4.13. The van der Waals surface area contributed by atoms with Gasteiger partial charge in [0.15, 0.2) is 0 Å². The van der Waals surface area contributed by atoms with Gasteiger partial charge in [0.2, 0.25) is 0 Å². The molecule has 0 spiro atoms. The maximum Gasteiger partial charge on any atom is 0.316 e. The van der Waals surface area contributed by atoms with Crippen molar-refractivity contribution in [2.24, 2.45) is 0 Å². The van der Waals surface area contributed by atoms with E-state index in [1.54, 1.807) is 67.7 Å². The Morgan fingerprint density at radius 2 is 1.80 bits per heavy atom. The number of benzene rings is 2. The molecule has 1 aliphatic heterocycles. The molecule has 4 rings (SSSR count). The maximum absolute atomic E-state index is 13.6. The van der Waals surface area contributed by atoms with Crippen LogP contribution in [0, 0.1) is 6.92 Å². The molecule has 0 radical (unpaired) electrons. The van der Waals surface area contributed by atoms with E-state index in [1.165, 1.54) is 4.90 Å². The first-order chi connectivity index (χ1) is 14.4. The second-order valence-electron chi connectivity index (χ2n) is 7.72. The predicted octanol–water partition coefficient (Wildman–Crippen LogP) is 3.63. The van der Waals surface area contributed by atoms with Gasteiger partial charge < -0.3 is 10.2 Å². The van der Waals surface area contributed by atoms with Crippen LogP contribution in [0.2, 0.25) is 0 Å². The molecule has 30 heavy (non-hydrogen) atoms. The van der Waals surface area contributed by atoms with Gasteiger partial charge >= 0.3 is 5.97 Å². The number of pyridine rings is 1. The summed E-state index contributed by atoms with van der Waals surface area (Å²) in [6, 6.07) is 16.6. The third-order valence-corrected chi connectivity index (χ3v) is 5.81. The Balaban J connectivity index is 2.01. The number of carboxylic acid groups (broad SMARTS) is 1. The van der Waals surface area contributed by atoms with Gasteiger partial charge in [-0.25, -0.2) is 4.98 Å². The molecular weight excluding hydrogens is 380 g/mol. The Morgan fingerprint density at radius 1 is 1.10 bits per heavy atom. The fraction of sp³-hybridized carbons (Fsp3) is 0.208. The lowest BCUT2D eigenvalue weighted by Gasteiger charge is -2.46. The first-order valence-corrected chi connectivity index (χ1v) is 9.66. The van der Waals surface area contributed by atoms with Crippen molar-refractivity contribution in [1.82, 2.24) is 4.98 Å². The number of aliphatic hydroxyl groups is 1. The van der Waals surface area contributed by atoms with Crippen LogP contribution in [0.4, 0.5) is 5.82 Å². The number of aromatic nitrogens is 1. The van der Waals surface area contributed by atoms with Crippen LogP contribution in [-0.4, -0.2) is 27.1 Å². The van der Waals surface area contributed by atoms with E-state index in [1.807, 2.05) is 13.0 Å². The van der Waals surface area contributed by atoms with E-state index >= 15 is 0 Å². The molecule has 0 aliphatic carbocycles. The second kappa shape index (κ2) is 7.39. The SMILES string of the molecule is Cc1ccc(N2C(=O)c3ccccc3[C@](C)(C(=O)O)[C@@H]2c2ccc(CO)cc2)nc1. The number of carbonyl (C=O) groups excluding carboxylic acids is 1. The number of aliphatic hydroxyl groups excluding tert-OH is 1. The fourth-order valence-electron chi connectivity index (χ4n) is 4.13. The number of hydrogen-bond donors (Lipinski definition) is 2. The molecule has 0 unspecified atom stereocenters. The molecule has 2 atom stereocenters. The summed E-state index contributed by atoms with van der Waals surface area (Å²) in [5.41, 5.74) is 1.72. The molecule has 1 amide bonds. The van der Waals surface area contributed by atoms with Gasteiger partial charge in [0, 0.05) is 11.8 Å². The van der Waals surface area contributed by atoms with Crippen molar-refractivity contribution in [3.8, 4) is 0 Å². The first kappa shape index (κ1) is 19.8. The van der Waals surface area contributed by atoms with Gasteiger partial charge in [-0.3, -0.25) is 14.5 Å². The van der Waals surface area contributed by atoms with Crippen LogP contribution in [-0.2, 0) is 16.8 Å². The Labute approximate surface area is 174 Å². The number of amides is 1. The van der Waals surface area contributed by atoms with E-state index in [9.17, 15) is 19.8 Å². The highest BCUT2D eigenvalue weighted by Crippen LogP contribution is 2.48. The molecular formula is C24H22N2O4. The van der Waals surface area contributed by atoms with E-state index in [-0.39, 0.29) is 12.5 Å². The van der Waals surface area contributed by atoms with Crippen LogP contribution < -0.4 is 4.90 Å². The molecule has 2 aromatic carbocycles. The number of aryl methyl sites for hydroxylation is 1. The monoisotopic (exact) mass is 402 g/mol. The van der Waals surface area contributed by atoms with Crippen LogP contribution in [0.3, 0.4) is 0 Å². The van der Waals surface area contributed by atoms with Crippen LogP contribution in [0.25, 0.3) is 0 Å². The largest absolute Gasteiger partial charge is 0.481 e. The molecule has 0 saturated carbocycles. The van der Waals surface area contributed by atoms with Gasteiger partial charge in [-0.05, 0) is 48.2 Å². The molecule has 152 valence electrons. The van der Waals surface area contributed by atoms with E-state index in [2.05, 4.69) is 4.98 Å². The summed E-state index contributed by atoms with van der Waals surface area (Å²) in [6.45, 7) is 3.43. The van der Waals surface area contributed by atoms with Crippen molar-refractivity contribution < 1.29 is 19.8 Å². The molecule has 0 saturated heterocycles. The van der Waals surface area contributed by atoms with Crippen LogP contribution in [0.5, 0.6) is 0 Å². The summed E-state index contributed by atoms with van der Waals surface area (Å²) >= 11 is 0. The minimum absolute atomic E-state index is 0.119. The van der Waals surface area contributed by atoms with Gasteiger partial charge in [-0.1, -0.05) is 48.5 Å². The zero-order valence-electron chi connectivity index (χ0n) is 16.7. The second-order valence-corrected chi connectivity index (χ2v) is 7.72.